The number of aromatic nitrogens is 1. The molecule has 8 heteroatoms. The van der Waals surface area contributed by atoms with Crippen LogP contribution in [0.4, 0.5) is 8.78 Å². The van der Waals surface area contributed by atoms with Crippen molar-refractivity contribution in [3.8, 4) is 5.75 Å². The van der Waals surface area contributed by atoms with Crippen LogP contribution in [-0.2, 0) is 6.61 Å². The molecule has 1 aromatic heterocycles. The lowest BCUT2D eigenvalue weighted by molar-refractivity contribution is 0.0772. The maximum Gasteiger partial charge on any atom is 0.275 e. The number of carbonyl (C=O) groups excluding carboxylic acids is 1. The van der Waals surface area contributed by atoms with Crippen LogP contribution in [0.5, 0.6) is 5.75 Å². The van der Waals surface area contributed by atoms with Crippen molar-refractivity contribution in [2.45, 2.75) is 32.9 Å². The van der Waals surface area contributed by atoms with Crippen molar-refractivity contribution in [3.05, 3.63) is 47.7 Å². The van der Waals surface area contributed by atoms with Gasteiger partial charge in [-0.15, -0.1) is 0 Å². The van der Waals surface area contributed by atoms with Crippen LogP contribution < -0.4 is 4.74 Å². The second-order valence-corrected chi connectivity index (χ2v) is 6.38. The van der Waals surface area contributed by atoms with Crippen LogP contribution in [-0.4, -0.2) is 52.9 Å². The number of likely N-dealkylation sites (tertiary alicyclic amines) is 1. The van der Waals surface area contributed by atoms with E-state index in [0.717, 1.165) is 25.6 Å². The number of likely N-dealkylation sites (N-methyl/N-ethyl adjacent to an activating group) is 1. The smallest absolute Gasteiger partial charge is 0.275 e. The summed E-state index contributed by atoms with van der Waals surface area (Å²) >= 11 is 0. The van der Waals surface area contributed by atoms with Crippen molar-refractivity contribution in [2.24, 2.45) is 0 Å². The number of oxazole rings is 1. The topological polar surface area (TPSA) is 58.8 Å². The highest BCUT2D eigenvalue weighted by Crippen LogP contribution is 2.21. The van der Waals surface area contributed by atoms with Gasteiger partial charge in [0.15, 0.2) is 23.9 Å². The van der Waals surface area contributed by atoms with Crippen LogP contribution in [0.3, 0.4) is 0 Å². The number of nitrogens with zero attached hydrogens (tertiary/aromatic N) is 3. The molecule has 0 radical (unpaired) electrons. The van der Waals surface area contributed by atoms with E-state index < -0.39 is 11.6 Å². The Morgan fingerprint density at radius 3 is 2.89 bits per heavy atom. The Morgan fingerprint density at radius 1 is 1.37 bits per heavy atom. The molecular formula is C19H23F2N3O3. The molecule has 0 N–H and O–H groups in total. The minimum atomic E-state index is -1.07. The van der Waals surface area contributed by atoms with Crippen LogP contribution in [0, 0.1) is 11.6 Å². The predicted molar refractivity (Wildman–Crippen MR) is 94.4 cm³/mol. The molecule has 1 aromatic carbocycles. The van der Waals surface area contributed by atoms with Crippen molar-refractivity contribution in [1.29, 1.82) is 0 Å². The molecule has 146 valence electrons. The maximum absolute atomic E-state index is 13.6. The van der Waals surface area contributed by atoms with E-state index in [0.29, 0.717) is 19.1 Å². The first-order valence-corrected chi connectivity index (χ1v) is 9.08. The second-order valence-electron chi connectivity index (χ2n) is 6.38. The molecule has 1 amide bonds. The Bertz CT molecular complexity index is 792. The summed E-state index contributed by atoms with van der Waals surface area (Å²) in [6, 6.07) is 4.02. The molecule has 2 aromatic rings. The highest BCUT2D eigenvalue weighted by Gasteiger charge is 2.31. The Hall–Kier alpha value is -2.48. The lowest BCUT2D eigenvalue weighted by Gasteiger charge is -2.25. The minimum Gasteiger partial charge on any atom is -0.481 e. The molecule has 1 aliphatic heterocycles. The number of amides is 1. The van der Waals surface area contributed by atoms with Gasteiger partial charge in [-0.2, -0.15) is 4.39 Å². The number of ether oxygens (including phenoxy) is 1. The van der Waals surface area contributed by atoms with E-state index in [1.807, 2.05) is 0 Å². The van der Waals surface area contributed by atoms with Gasteiger partial charge in [0.1, 0.15) is 6.26 Å². The van der Waals surface area contributed by atoms with Crippen LogP contribution in [0.1, 0.15) is 36.6 Å². The fraction of sp³-hybridized carbons (Fsp3) is 0.474. The summed E-state index contributed by atoms with van der Waals surface area (Å²) in [7, 11) is 0. The van der Waals surface area contributed by atoms with Crippen molar-refractivity contribution in [2.75, 3.05) is 26.2 Å². The number of hydrogen-bond acceptors (Lipinski definition) is 5. The number of benzene rings is 1. The van der Waals surface area contributed by atoms with Crippen LogP contribution in [0.2, 0.25) is 0 Å². The molecule has 1 atom stereocenters. The Balaban J connectivity index is 1.59. The molecule has 0 bridgehead atoms. The Kier molecular flexibility index (Phi) is 6.05. The Labute approximate surface area is 156 Å². The predicted octanol–water partition coefficient (Wildman–Crippen LogP) is 3.09. The highest BCUT2D eigenvalue weighted by atomic mass is 19.2. The summed E-state index contributed by atoms with van der Waals surface area (Å²) in [6.07, 6.45) is 2.20. The molecule has 1 saturated heterocycles. The molecular weight excluding hydrogens is 356 g/mol. The molecule has 2 heterocycles. The van der Waals surface area contributed by atoms with E-state index in [1.165, 1.54) is 18.4 Å². The van der Waals surface area contributed by atoms with Crippen molar-refractivity contribution in [1.82, 2.24) is 14.8 Å². The average Bonchev–Trinajstić information content (AvgIpc) is 3.33. The third-order valence-corrected chi connectivity index (χ3v) is 4.82. The summed E-state index contributed by atoms with van der Waals surface area (Å²) in [5.74, 6) is -2.37. The highest BCUT2D eigenvalue weighted by molar-refractivity contribution is 5.92. The third-order valence-electron chi connectivity index (χ3n) is 4.82. The van der Waals surface area contributed by atoms with Crippen LogP contribution in [0.25, 0.3) is 0 Å². The van der Waals surface area contributed by atoms with Gasteiger partial charge < -0.3 is 14.1 Å². The first-order chi connectivity index (χ1) is 13.0. The van der Waals surface area contributed by atoms with Crippen LogP contribution >= 0.6 is 0 Å². The van der Waals surface area contributed by atoms with E-state index in [9.17, 15) is 13.6 Å². The van der Waals surface area contributed by atoms with Gasteiger partial charge in [-0.3, -0.25) is 9.69 Å². The SMILES string of the molecule is CCN(CC)C1CCN(C(=O)c2coc(COc3cccc(F)c3F)n2)C1. The first-order valence-electron chi connectivity index (χ1n) is 9.08. The zero-order chi connectivity index (χ0) is 19.4. The normalized spacial score (nSPS) is 16.9. The maximum atomic E-state index is 13.6. The van der Waals surface area contributed by atoms with E-state index >= 15 is 0 Å². The molecule has 1 aliphatic rings. The van der Waals surface area contributed by atoms with Crippen molar-refractivity contribution in [3.63, 3.8) is 0 Å². The fourth-order valence-corrected chi connectivity index (χ4v) is 3.34. The molecule has 0 spiro atoms. The zero-order valence-electron chi connectivity index (χ0n) is 15.5. The molecule has 1 unspecified atom stereocenters. The number of rotatable bonds is 7. The van der Waals surface area contributed by atoms with Gasteiger partial charge in [0, 0.05) is 19.1 Å². The first kappa shape index (κ1) is 19.3. The summed E-state index contributed by atoms with van der Waals surface area (Å²) in [4.78, 5) is 20.8. The number of halogens is 2. The van der Waals surface area contributed by atoms with E-state index in [1.54, 1.807) is 4.90 Å². The summed E-state index contributed by atoms with van der Waals surface area (Å²) in [5, 5.41) is 0. The monoisotopic (exact) mass is 379 g/mol. The van der Waals surface area contributed by atoms with Crippen molar-refractivity contribution >= 4 is 5.91 Å². The molecule has 1 fully saturated rings. The number of hydrogen-bond donors (Lipinski definition) is 0. The molecule has 0 aliphatic carbocycles. The van der Waals surface area contributed by atoms with Gasteiger partial charge in [0.05, 0.1) is 0 Å². The fourth-order valence-electron chi connectivity index (χ4n) is 3.34. The minimum absolute atomic E-state index is 0.126. The van der Waals surface area contributed by atoms with Gasteiger partial charge in [0.25, 0.3) is 5.91 Å². The van der Waals surface area contributed by atoms with E-state index in [4.69, 9.17) is 9.15 Å². The van der Waals surface area contributed by atoms with E-state index in [-0.39, 0.29) is 29.8 Å². The van der Waals surface area contributed by atoms with Crippen LogP contribution in [0.15, 0.2) is 28.9 Å². The van der Waals surface area contributed by atoms with Gasteiger partial charge >= 0.3 is 0 Å². The largest absolute Gasteiger partial charge is 0.481 e. The van der Waals surface area contributed by atoms with Gasteiger partial charge in [-0.1, -0.05) is 19.9 Å². The quantitative estimate of drug-likeness (QED) is 0.740. The summed E-state index contributed by atoms with van der Waals surface area (Å²) < 4.78 is 37.2. The molecule has 0 saturated carbocycles. The zero-order valence-corrected chi connectivity index (χ0v) is 15.5. The molecule has 3 rings (SSSR count). The average molecular weight is 379 g/mol. The van der Waals surface area contributed by atoms with Crippen molar-refractivity contribution < 1.29 is 22.7 Å². The second kappa shape index (κ2) is 8.47. The lowest BCUT2D eigenvalue weighted by Crippen LogP contribution is -2.38. The summed E-state index contributed by atoms with van der Waals surface area (Å²) in [5.41, 5.74) is 0.188. The summed E-state index contributed by atoms with van der Waals surface area (Å²) in [6.45, 7) is 7.26. The van der Waals surface area contributed by atoms with Gasteiger partial charge in [-0.25, -0.2) is 9.37 Å². The third kappa shape index (κ3) is 4.27. The van der Waals surface area contributed by atoms with Gasteiger partial charge in [-0.05, 0) is 31.6 Å². The number of carbonyl (C=O) groups is 1. The van der Waals surface area contributed by atoms with E-state index in [2.05, 4.69) is 23.7 Å². The molecule has 6 nitrogen and oxygen atoms in total. The standard InChI is InChI=1S/C19H23F2N3O3/c1-3-23(4-2)13-8-9-24(10-13)19(25)15-11-27-17(22-15)12-26-16-7-5-6-14(20)18(16)21/h5-7,11,13H,3-4,8-10,12H2,1-2H3. The molecule has 27 heavy (non-hydrogen) atoms. The lowest BCUT2D eigenvalue weighted by atomic mass is 10.2. The Morgan fingerprint density at radius 2 is 2.15 bits per heavy atom. The van der Waals surface area contributed by atoms with Gasteiger partial charge in [0.2, 0.25) is 11.7 Å².